The van der Waals surface area contributed by atoms with Gasteiger partial charge in [-0.15, -0.1) is 0 Å². The van der Waals surface area contributed by atoms with Crippen LogP contribution in [0, 0.1) is 6.92 Å². The zero-order valence-corrected chi connectivity index (χ0v) is 16.8. The van der Waals surface area contributed by atoms with E-state index in [1.54, 1.807) is 47.4 Å². The molecule has 1 aliphatic rings. The highest BCUT2D eigenvalue weighted by Crippen LogP contribution is 2.26. The van der Waals surface area contributed by atoms with Crippen LogP contribution in [0.3, 0.4) is 0 Å². The lowest BCUT2D eigenvalue weighted by Crippen LogP contribution is -2.50. The van der Waals surface area contributed by atoms with Crippen LogP contribution < -0.4 is 4.74 Å². The molecule has 1 aliphatic heterocycles. The minimum atomic E-state index is -3.55. The summed E-state index contributed by atoms with van der Waals surface area (Å²) in [6, 6.07) is 11.7. The Labute approximate surface area is 164 Å². The molecule has 1 saturated heterocycles. The van der Waals surface area contributed by atoms with Gasteiger partial charge in [-0.3, -0.25) is 4.79 Å². The second-order valence-corrected chi connectivity index (χ2v) is 8.70. The molecule has 0 unspecified atom stereocenters. The van der Waals surface area contributed by atoms with Crippen molar-refractivity contribution in [3.05, 3.63) is 58.6 Å². The number of piperazine rings is 1. The highest BCUT2D eigenvalue weighted by atomic mass is 35.5. The molecule has 1 amide bonds. The molecule has 3 rings (SSSR count). The Kier molecular flexibility index (Phi) is 5.74. The molecule has 0 aliphatic carbocycles. The van der Waals surface area contributed by atoms with E-state index >= 15 is 0 Å². The lowest BCUT2D eigenvalue weighted by Gasteiger charge is -2.34. The summed E-state index contributed by atoms with van der Waals surface area (Å²) in [6.07, 6.45) is 0. The SMILES string of the molecule is COc1ccc(C(=O)N2CCN(S(=O)(=O)c3ccc(C)cc3)CC2)cc1Cl. The smallest absolute Gasteiger partial charge is 0.253 e. The molecule has 6 nitrogen and oxygen atoms in total. The molecule has 0 spiro atoms. The van der Waals surface area contributed by atoms with Gasteiger partial charge in [-0.2, -0.15) is 4.31 Å². The molecule has 0 saturated carbocycles. The predicted molar refractivity (Wildman–Crippen MR) is 104 cm³/mol. The Morgan fingerprint density at radius 2 is 1.67 bits per heavy atom. The normalized spacial score (nSPS) is 15.6. The number of rotatable bonds is 4. The maximum absolute atomic E-state index is 12.8. The van der Waals surface area contributed by atoms with Gasteiger partial charge in [-0.05, 0) is 37.3 Å². The van der Waals surface area contributed by atoms with Crippen molar-refractivity contribution >= 4 is 27.5 Å². The molecule has 27 heavy (non-hydrogen) atoms. The van der Waals surface area contributed by atoms with E-state index in [0.717, 1.165) is 5.56 Å². The zero-order valence-electron chi connectivity index (χ0n) is 15.2. The number of methoxy groups -OCH3 is 1. The first-order chi connectivity index (χ1) is 12.8. The molecule has 1 heterocycles. The second-order valence-electron chi connectivity index (χ2n) is 6.36. The van der Waals surface area contributed by atoms with Gasteiger partial charge in [0.25, 0.3) is 5.91 Å². The van der Waals surface area contributed by atoms with Gasteiger partial charge < -0.3 is 9.64 Å². The van der Waals surface area contributed by atoms with Gasteiger partial charge in [-0.1, -0.05) is 29.3 Å². The summed E-state index contributed by atoms with van der Waals surface area (Å²) in [5, 5.41) is 0.365. The number of carbonyl (C=O) groups is 1. The first-order valence-corrected chi connectivity index (χ1v) is 10.3. The summed E-state index contributed by atoms with van der Waals surface area (Å²) in [7, 11) is -2.04. The van der Waals surface area contributed by atoms with Crippen LogP contribution in [0.1, 0.15) is 15.9 Å². The molecule has 2 aromatic carbocycles. The molecule has 0 bridgehead atoms. The number of nitrogens with zero attached hydrogens (tertiary/aromatic N) is 2. The number of carbonyl (C=O) groups excluding carboxylic acids is 1. The second kappa shape index (κ2) is 7.88. The number of ether oxygens (including phenoxy) is 1. The van der Waals surface area contributed by atoms with Crippen LogP contribution in [0.15, 0.2) is 47.4 Å². The summed E-state index contributed by atoms with van der Waals surface area (Å²) in [5.41, 5.74) is 1.46. The Balaban J connectivity index is 1.68. The first-order valence-electron chi connectivity index (χ1n) is 8.52. The van der Waals surface area contributed by atoms with Gasteiger partial charge in [0.15, 0.2) is 0 Å². The molecule has 0 atom stereocenters. The molecule has 2 aromatic rings. The Bertz CT molecular complexity index is 937. The Morgan fingerprint density at radius 3 is 2.22 bits per heavy atom. The lowest BCUT2D eigenvalue weighted by atomic mass is 10.1. The number of aryl methyl sites for hydroxylation is 1. The third-order valence-corrected chi connectivity index (χ3v) is 6.79. The van der Waals surface area contributed by atoms with E-state index in [1.807, 2.05) is 6.92 Å². The Morgan fingerprint density at radius 1 is 1.04 bits per heavy atom. The third kappa shape index (κ3) is 4.10. The van der Waals surface area contributed by atoms with E-state index in [9.17, 15) is 13.2 Å². The van der Waals surface area contributed by atoms with Crippen LogP contribution in [-0.2, 0) is 10.0 Å². The fourth-order valence-electron chi connectivity index (χ4n) is 2.97. The fourth-order valence-corrected chi connectivity index (χ4v) is 4.65. The van der Waals surface area contributed by atoms with Crippen LogP contribution in [0.4, 0.5) is 0 Å². The summed E-state index contributed by atoms with van der Waals surface area (Å²) in [4.78, 5) is 14.6. The highest BCUT2D eigenvalue weighted by molar-refractivity contribution is 7.89. The minimum absolute atomic E-state index is 0.174. The van der Waals surface area contributed by atoms with Gasteiger partial charge in [0.05, 0.1) is 17.0 Å². The fraction of sp³-hybridized carbons (Fsp3) is 0.316. The monoisotopic (exact) mass is 408 g/mol. The van der Waals surface area contributed by atoms with Crippen molar-refractivity contribution in [3.8, 4) is 5.75 Å². The summed E-state index contributed by atoms with van der Waals surface area (Å²) >= 11 is 6.09. The van der Waals surface area contributed by atoms with Crippen LogP contribution in [0.2, 0.25) is 5.02 Å². The van der Waals surface area contributed by atoms with Crippen molar-refractivity contribution in [1.29, 1.82) is 0 Å². The minimum Gasteiger partial charge on any atom is -0.495 e. The van der Waals surface area contributed by atoms with Crippen molar-refractivity contribution in [2.75, 3.05) is 33.3 Å². The molecule has 144 valence electrons. The zero-order chi connectivity index (χ0) is 19.6. The van der Waals surface area contributed by atoms with Crippen LogP contribution in [-0.4, -0.2) is 56.8 Å². The maximum atomic E-state index is 12.8. The van der Waals surface area contributed by atoms with Crippen LogP contribution in [0.5, 0.6) is 5.75 Å². The molecule has 0 radical (unpaired) electrons. The molecule has 0 N–H and O–H groups in total. The van der Waals surface area contributed by atoms with E-state index in [-0.39, 0.29) is 23.9 Å². The van der Waals surface area contributed by atoms with E-state index in [2.05, 4.69) is 0 Å². The van der Waals surface area contributed by atoms with Gasteiger partial charge in [-0.25, -0.2) is 8.42 Å². The number of halogens is 1. The molecule has 8 heteroatoms. The van der Waals surface area contributed by atoms with E-state index in [1.165, 1.54) is 11.4 Å². The van der Waals surface area contributed by atoms with Crippen LogP contribution in [0.25, 0.3) is 0 Å². The van der Waals surface area contributed by atoms with Crippen molar-refractivity contribution < 1.29 is 17.9 Å². The van der Waals surface area contributed by atoms with Gasteiger partial charge >= 0.3 is 0 Å². The first kappa shape index (κ1) is 19.7. The summed E-state index contributed by atoms with van der Waals surface area (Å²) < 4.78 is 32.0. The predicted octanol–water partition coefficient (Wildman–Crippen LogP) is 2.80. The average Bonchev–Trinajstić information content (AvgIpc) is 2.68. The molecule has 0 aromatic heterocycles. The summed E-state index contributed by atoms with van der Waals surface area (Å²) in [6.45, 7) is 3.07. The highest BCUT2D eigenvalue weighted by Gasteiger charge is 2.30. The molecular formula is C19H21ClN2O4S. The van der Waals surface area contributed by atoms with Crippen molar-refractivity contribution in [1.82, 2.24) is 9.21 Å². The van der Waals surface area contributed by atoms with Crippen LogP contribution >= 0.6 is 11.6 Å². The van der Waals surface area contributed by atoms with Crippen molar-refractivity contribution in [2.24, 2.45) is 0 Å². The number of hydrogen-bond donors (Lipinski definition) is 0. The number of amides is 1. The number of hydrogen-bond acceptors (Lipinski definition) is 4. The van der Waals surface area contributed by atoms with Gasteiger partial charge in [0.2, 0.25) is 10.0 Å². The largest absolute Gasteiger partial charge is 0.495 e. The van der Waals surface area contributed by atoms with E-state index in [0.29, 0.717) is 29.4 Å². The van der Waals surface area contributed by atoms with Gasteiger partial charge in [0.1, 0.15) is 5.75 Å². The lowest BCUT2D eigenvalue weighted by molar-refractivity contribution is 0.0698. The number of sulfonamides is 1. The third-order valence-electron chi connectivity index (χ3n) is 4.58. The summed E-state index contributed by atoms with van der Waals surface area (Å²) in [5.74, 6) is 0.328. The molecular weight excluding hydrogens is 388 g/mol. The van der Waals surface area contributed by atoms with E-state index in [4.69, 9.17) is 16.3 Å². The van der Waals surface area contributed by atoms with E-state index < -0.39 is 10.0 Å². The van der Waals surface area contributed by atoms with Crippen molar-refractivity contribution in [2.45, 2.75) is 11.8 Å². The van der Waals surface area contributed by atoms with Crippen molar-refractivity contribution in [3.63, 3.8) is 0 Å². The van der Waals surface area contributed by atoms with Gasteiger partial charge in [0, 0.05) is 31.7 Å². The molecule has 1 fully saturated rings. The number of benzene rings is 2. The average molecular weight is 409 g/mol. The Hall–Kier alpha value is -2.09. The standard InChI is InChI=1S/C19H21ClN2O4S/c1-14-3-6-16(7-4-14)27(24,25)22-11-9-21(10-12-22)19(23)15-5-8-18(26-2)17(20)13-15/h3-8,13H,9-12H2,1-2H3. The topological polar surface area (TPSA) is 66.9 Å². The maximum Gasteiger partial charge on any atom is 0.253 e. The quantitative estimate of drug-likeness (QED) is 0.780.